The van der Waals surface area contributed by atoms with E-state index in [1.54, 1.807) is 41.2 Å². The molecule has 0 unspecified atom stereocenters. The Balaban J connectivity index is 1.36. The van der Waals surface area contributed by atoms with Gasteiger partial charge in [0, 0.05) is 31.2 Å². The summed E-state index contributed by atoms with van der Waals surface area (Å²) in [4.78, 5) is 27.6. The molecule has 142 valence electrons. The van der Waals surface area contributed by atoms with Crippen LogP contribution >= 0.6 is 0 Å². The lowest BCUT2D eigenvalue weighted by Gasteiger charge is -2.19. The molecular weight excluding hydrogens is 361 g/mol. The van der Waals surface area contributed by atoms with Crippen molar-refractivity contribution in [2.24, 2.45) is 0 Å². The second-order valence-electron chi connectivity index (χ2n) is 6.35. The molecule has 1 fully saturated rings. The maximum absolute atomic E-state index is 13.9. The van der Waals surface area contributed by atoms with Crippen molar-refractivity contribution >= 4 is 23.3 Å². The fourth-order valence-corrected chi connectivity index (χ4v) is 3.12. The molecule has 8 heteroatoms. The van der Waals surface area contributed by atoms with Crippen molar-refractivity contribution in [2.75, 3.05) is 29.9 Å². The molecule has 2 heterocycles. The molecule has 4 rings (SSSR count). The molecule has 0 atom stereocenters. The van der Waals surface area contributed by atoms with Crippen LogP contribution in [0.15, 0.2) is 67.0 Å². The zero-order valence-electron chi connectivity index (χ0n) is 15.0. The van der Waals surface area contributed by atoms with Gasteiger partial charge in [-0.25, -0.2) is 13.9 Å². The smallest absolute Gasteiger partial charge is 0.325 e. The van der Waals surface area contributed by atoms with E-state index >= 15 is 0 Å². The van der Waals surface area contributed by atoms with Crippen LogP contribution in [0.1, 0.15) is 0 Å². The molecule has 0 saturated carbocycles. The minimum absolute atomic E-state index is 0.0926. The summed E-state index contributed by atoms with van der Waals surface area (Å²) < 4.78 is 15.6. The lowest BCUT2D eigenvalue weighted by molar-refractivity contribution is -0.116. The zero-order valence-corrected chi connectivity index (χ0v) is 15.0. The summed E-state index contributed by atoms with van der Waals surface area (Å²) in [5, 5.41) is 6.92. The van der Waals surface area contributed by atoms with E-state index in [0.29, 0.717) is 18.8 Å². The number of hydrogen-bond acceptors (Lipinski definition) is 3. The highest BCUT2D eigenvalue weighted by Crippen LogP contribution is 2.23. The van der Waals surface area contributed by atoms with Crippen molar-refractivity contribution in [1.82, 2.24) is 14.7 Å². The van der Waals surface area contributed by atoms with Gasteiger partial charge in [0.05, 0.1) is 11.4 Å². The molecule has 28 heavy (non-hydrogen) atoms. The van der Waals surface area contributed by atoms with Crippen LogP contribution in [0.25, 0.3) is 5.69 Å². The van der Waals surface area contributed by atoms with Crippen LogP contribution < -0.4 is 10.2 Å². The Morgan fingerprint density at radius 1 is 1.07 bits per heavy atom. The number of carbonyl (C=O) groups is 2. The van der Waals surface area contributed by atoms with Gasteiger partial charge in [0.25, 0.3) is 0 Å². The average molecular weight is 379 g/mol. The third kappa shape index (κ3) is 3.57. The minimum Gasteiger partial charge on any atom is -0.325 e. The van der Waals surface area contributed by atoms with E-state index in [4.69, 9.17) is 0 Å². The molecule has 1 aromatic heterocycles. The molecule has 1 aliphatic rings. The minimum atomic E-state index is -0.459. The fraction of sp³-hybridized carbons (Fsp3) is 0.150. The van der Waals surface area contributed by atoms with E-state index in [1.807, 2.05) is 24.4 Å². The number of hydrogen-bond donors (Lipinski definition) is 1. The number of benzene rings is 2. The van der Waals surface area contributed by atoms with E-state index in [1.165, 1.54) is 15.9 Å². The summed E-state index contributed by atoms with van der Waals surface area (Å²) in [6.07, 6.45) is 3.52. The van der Waals surface area contributed by atoms with Crippen LogP contribution in [0.5, 0.6) is 0 Å². The third-order valence-electron chi connectivity index (χ3n) is 4.49. The molecular formula is C20H18FN5O2. The number of anilines is 2. The summed E-state index contributed by atoms with van der Waals surface area (Å²) in [7, 11) is 0. The Hall–Kier alpha value is -3.68. The first kappa shape index (κ1) is 17.7. The highest BCUT2D eigenvalue weighted by molar-refractivity contribution is 5.99. The first-order valence-electron chi connectivity index (χ1n) is 8.83. The van der Waals surface area contributed by atoms with Gasteiger partial charge in [-0.3, -0.25) is 9.69 Å². The number of amides is 3. The van der Waals surface area contributed by atoms with Crippen LogP contribution in [0, 0.1) is 5.82 Å². The molecule has 0 aliphatic carbocycles. The molecule has 1 aliphatic heterocycles. The lowest BCUT2D eigenvalue weighted by Crippen LogP contribution is -2.37. The summed E-state index contributed by atoms with van der Waals surface area (Å²) in [6.45, 7) is 0.606. The standard InChI is InChI=1S/C20H18FN5O2/c21-17-4-1-2-5-18(17)25-13-12-24(20(25)28)14-19(27)23-15-6-8-16(9-7-15)26-11-3-10-22-26/h1-11H,12-14H2,(H,23,27). The Kier molecular flexibility index (Phi) is 4.76. The van der Waals surface area contributed by atoms with Crippen LogP contribution in [0.4, 0.5) is 20.6 Å². The summed E-state index contributed by atoms with van der Waals surface area (Å²) in [5.74, 6) is -0.769. The molecule has 7 nitrogen and oxygen atoms in total. The Labute approximate surface area is 161 Å². The Morgan fingerprint density at radius 2 is 1.86 bits per heavy atom. The number of para-hydroxylation sites is 1. The number of aromatic nitrogens is 2. The topological polar surface area (TPSA) is 70.5 Å². The molecule has 3 amide bonds. The van der Waals surface area contributed by atoms with Crippen molar-refractivity contribution in [2.45, 2.75) is 0 Å². The Morgan fingerprint density at radius 3 is 2.57 bits per heavy atom. The second kappa shape index (κ2) is 7.51. The van der Waals surface area contributed by atoms with Gasteiger partial charge in [-0.2, -0.15) is 5.10 Å². The summed E-state index contributed by atoms with van der Waals surface area (Å²) in [5.41, 5.74) is 1.72. The maximum atomic E-state index is 13.9. The van der Waals surface area contributed by atoms with Crippen molar-refractivity contribution in [3.63, 3.8) is 0 Å². The number of halogens is 1. The number of nitrogens with zero attached hydrogens (tertiary/aromatic N) is 4. The van der Waals surface area contributed by atoms with Crippen molar-refractivity contribution in [3.8, 4) is 5.69 Å². The molecule has 3 aromatic rings. The van der Waals surface area contributed by atoms with Crippen molar-refractivity contribution in [1.29, 1.82) is 0 Å². The predicted molar refractivity (Wildman–Crippen MR) is 103 cm³/mol. The summed E-state index contributed by atoms with van der Waals surface area (Å²) in [6, 6.07) is 14.8. The summed E-state index contributed by atoms with van der Waals surface area (Å²) >= 11 is 0. The average Bonchev–Trinajstić information content (AvgIpc) is 3.34. The number of urea groups is 1. The van der Waals surface area contributed by atoms with Gasteiger partial charge < -0.3 is 10.2 Å². The molecule has 0 radical (unpaired) electrons. The van der Waals surface area contributed by atoms with Gasteiger partial charge >= 0.3 is 6.03 Å². The third-order valence-corrected chi connectivity index (χ3v) is 4.49. The van der Waals surface area contributed by atoms with E-state index in [2.05, 4.69) is 10.4 Å². The largest absolute Gasteiger partial charge is 0.325 e. The molecule has 0 spiro atoms. The fourth-order valence-electron chi connectivity index (χ4n) is 3.12. The molecule has 0 bridgehead atoms. The molecule has 1 N–H and O–H groups in total. The van der Waals surface area contributed by atoms with Crippen LogP contribution in [-0.2, 0) is 4.79 Å². The van der Waals surface area contributed by atoms with E-state index in [0.717, 1.165) is 5.69 Å². The number of carbonyl (C=O) groups excluding carboxylic acids is 2. The molecule has 2 aromatic carbocycles. The van der Waals surface area contributed by atoms with Crippen LogP contribution in [0.3, 0.4) is 0 Å². The SMILES string of the molecule is O=C(CN1CCN(c2ccccc2F)C1=O)Nc1ccc(-n2cccn2)cc1. The monoisotopic (exact) mass is 379 g/mol. The lowest BCUT2D eigenvalue weighted by atomic mass is 10.3. The quantitative estimate of drug-likeness (QED) is 0.741. The predicted octanol–water partition coefficient (Wildman–Crippen LogP) is 2.89. The van der Waals surface area contributed by atoms with Crippen molar-refractivity contribution < 1.29 is 14.0 Å². The first-order chi connectivity index (χ1) is 13.6. The van der Waals surface area contributed by atoms with Gasteiger partial charge in [-0.1, -0.05) is 12.1 Å². The van der Waals surface area contributed by atoms with Gasteiger partial charge in [-0.05, 0) is 42.5 Å². The van der Waals surface area contributed by atoms with Gasteiger partial charge in [-0.15, -0.1) is 0 Å². The zero-order chi connectivity index (χ0) is 19.5. The van der Waals surface area contributed by atoms with Gasteiger partial charge in [0.15, 0.2) is 0 Å². The van der Waals surface area contributed by atoms with Crippen LogP contribution in [-0.4, -0.2) is 46.3 Å². The van der Waals surface area contributed by atoms with Crippen LogP contribution in [0.2, 0.25) is 0 Å². The van der Waals surface area contributed by atoms with Gasteiger partial charge in [0.2, 0.25) is 5.91 Å². The number of rotatable bonds is 5. The van der Waals surface area contributed by atoms with E-state index in [-0.39, 0.29) is 24.2 Å². The highest BCUT2D eigenvalue weighted by atomic mass is 19.1. The Bertz CT molecular complexity index is 988. The second-order valence-corrected chi connectivity index (χ2v) is 6.35. The van der Waals surface area contributed by atoms with E-state index in [9.17, 15) is 14.0 Å². The normalized spacial score (nSPS) is 13.8. The number of nitrogens with one attached hydrogen (secondary N) is 1. The van der Waals surface area contributed by atoms with Gasteiger partial charge in [0.1, 0.15) is 12.4 Å². The van der Waals surface area contributed by atoms with E-state index < -0.39 is 5.82 Å². The van der Waals surface area contributed by atoms with Crippen molar-refractivity contribution in [3.05, 3.63) is 72.8 Å². The highest BCUT2D eigenvalue weighted by Gasteiger charge is 2.32. The first-order valence-corrected chi connectivity index (χ1v) is 8.83. The maximum Gasteiger partial charge on any atom is 0.325 e. The molecule has 1 saturated heterocycles.